The standard InChI is InChI=1S/C81H86Cl2N8O18S2/c1-11-89-42-57(68(93)62-58(89)40-59(103-44-48-24-30-54(100-8)31-25-48)70(63(62)82)104-45-49-26-32-55(101-9)33-27-49)72(94)84-36-39-91(37-18-19-38-91)43-53-47-110-75-66(74(96)90(75)67(53)77(98)106-69(51-20-14-12-15-21-51)52-22-16-13-17-23-52)85-73(95)65(64-71(83)111-78(86-64)87-79(99)108-81(5,6)7)88-109-60(41-61(92)107-80(2,3)4)76(97)105-46-50-28-34-56(102-10)35-29-50/h12-17,20-35,40,42,60,66,69,75H,11,18-19,36-39,41,43-47H2,1-10H3,(H2-,84,85,86,87,94,95,99)/p+1/t60-,66+,75+/m0/s1. The summed E-state index contributed by atoms with van der Waals surface area (Å²) in [5.74, 6) is -2.86. The van der Waals surface area contributed by atoms with Crippen LogP contribution in [0.3, 0.4) is 0 Å². The minimum atomic E-state index is -1.85. The van der Waals surface area contributed by atoms with Gasteiger partial charge in [0.15, 0.2) is 28.4 Å². The lowest BCUT2D eigenvalue weighted by Gasteiger charge is -2.50. The van der Waals surface area contributed by atoms with Crippen molar-refractivity contribution in [3.05, 3.63) is 216 Å². The van der Waals surface area contributed by atoms with E-state index in [1.54, 1.807) is 103 Å². The molecule has 30 heteroatoms. The number of rotatable bonds is 31. The van der Waals surface area contributed by atoms with Crippen molar-refractivity contribution in [2.24, 2.45) is 5.16 Å². The number of amides is 4. The summed E-state index contributed by atoms with van der Waals surface area (Å²) in [5.41, 5.74) is 0.590. The Morgan fingerprint density at radius 3 is 1.86 bits per heavy atom. The second-order valence-corrected chi connectivity index (χ2v) is 31.5. The summed E-state index contributed by atoms with van der Waals surface area (Å²) in [6.45, 7) is 13.8. The molecule has 0 aliphatic carbocycles. The van der Waals surface area contributed by atoms with Crippen LogP contribution in [0.15, 0.2) is 167 Å². The average molecular weight is 1600 g/mol. The van der Waals surface area contributed by atoms with Crippen LogP contribution >= 0.6 is 46.3 Å². The van der Waals surface area contributed by atoms with Gasteiger partial charge in [0.05, 0.1) is 69.9 Å². The second-order valence-electron chi connectivity index (χ2n) is 28.4. The third-order valence-corrected chi connectivity index (χ3v) is 21.1. The van der Waals surface area contributed by atoms with Gasteiger partial charge in [0.1, 0.15) is 87.5 Å². The van der Waals surface area contributed by atoms with Crippen molar-refractivity contribution in [3.63, 3.8) is 0 Å². The molecule has 8 aromatic rings. The highest BCUT2D eigenvalue weighted by atomic mass is 35.5. The Balaban J connectivity index is 0.888. The SMILES string of the molecule is CCn1cc(C(=O)NCC[N+]2(CC3=C(C(=O)OC(c4ccccc4)c4ccccc4)N4C(=O)[C@@H](NC(=O)C(=NO[C@@H](CC(=O)OC(C)(C)C)C(=O)OCc5ccc(OC)cc5)c5nc(NC(=O)OC(C)(C)C)sc5Cl)[C@H]4SC3)CCCC2)c(=O)c2c(Cl)c(OCc3ccc(OC)cc3)c(OCc3ccc(OC)cc3)cc21. The number of hydrogen-bond acceptors (Lipinski definition) is 22. The van der Waals surface area contributed by atoms with Crippen LogP contribution in [0.2, 0.25) is 9.36 Å². The predicted molar refractivity (Wildman–Crippen MR) is 419 cm³/mol. The molecule has 0 bridgehead atoms. The molecule has 3 N–H and O–H groups in total. The number of thiazole rings is 1. The fourth-order valence-electron chi connectivity index (χ4n) is 12.9. The van der Waals surface area contributed by atoms with E-state index in [9.17, 15) is 24.0 Å². The fraction of sp³-hybridized carbons (Fsp3) is 0.358. The number of aromatic nitrogens is 2. The number of carbonyl (C=O) groups excluding carboxylic acids is 7. The molecule has 2 aromatic heterocycles. The topological polar surface area (TPSA) is 298 Å². The first kappa shape index (κ1) is 81.3. The number of methoxy groups -OCH3 is 3. The van der Waals surface area contributed by atoms with E-state index in [4.69, 9.17) is 70.7 Å². The van der Waals surface area contributed by atoms with Crippen LogP contribution < -0.4 is 45.1 Å². The number of thioether (sulfide) groups is 1. The number of esters is 3. The number of likely N-dealkylation sites (tertiary alicyclic amines) is 1. The Kier molecular flexibility index (Phi) is 26.4. The summed E-state index contributed by atoms with van der Waals surface area (Å²) < 4.78 is 53.9. The number of carbonyl (C=O) groups is 7. The van der Waals surface area contributed by atoms with E-state index < -0.39 is 94.1 Å². The number of pyridine rings is 1. The van der Waals surface area contributed by atoms with Gasteiger partial charge in [-0.05, 0) is 113 Å². The van der Waals surface area contributed by atoms with Crippen molar-refractivity contribution >= 4 is 110 Å². The molecule has 584 valence electrons. The lowest BCUT2D eigenvalue weighted by Crippen LogP contribution is -2.71. The lowest BCUT2D eigenvalue weighted by molar-refractivity contribution is -0.911. The highest BCUT2D eigenvalue weighted by Gasteiger charge is 2.56. The smallest absolute Gasteiger partial charge is 0.413 e. The maximum Gasteiger partial charge on any atom is 0.413 e. The van der Waals surface area contributed by atoms with Crippen LogP contribution in [0.1, 0.15) is 118 Å². The highest BCUT2D eigenvalue weighted by molar-refractivity contribution is 8.00. The van der Waals surface area contributed by atoms with Crippen molar-refractivity contribution in [2.75, 3.05) is 65.1 Å². The fourth-order valence-corrected chi connectivity index (χ4v) is 15.6. The number of quaternary nitrogens is 1. The number of nitrogens with one attached hydrogen (secondary N) is 3. The largest absolute Gasteiger partial charge is 0.497 e. The summed E-state index contributed by atoms with van der Waals surface area (Å²) in [4.78, 5) is 128. The molecule has 0 radical (unpaired) electrons. The molecule has 2 saturated heterocycles. The number of aryl methyl sites for hydroxylation is 1. The average Bonchev–Trinajstić information content (AvgIpc) is 0.972. The first-order valence-electron chi connectivity index (χ1n) is 35.9. The zero-order chi connectivity index (χ0) is 79.3. The minimum Gasteiger partial charge on any atom is -0.497 e. The molecule has 3 aliphatic rings. The quantitative estimate of drug-likeness (QED) is 0.00908. The summed E-state index contributed by atoms with van der Waals surface area (Å²) in [6.07, 6.45) is -1.37. The summed E-state index contributed by atoms with van der Waals surface area (Å²) in [7, 11) is 4.66. The van der Waals surface area contributed by atoms with Crippen molar-refractivity contribution in [1.82, 2.24) is 25.1 Å². The predicted octanol–water partition coefficient (Wildman–Crippen LogP) is 12.9. The van der Waals surface area contributed by atoms with E-state index in [-0.39, 0.29) is 87.0 Å². The van der Waals surface area contributed by atoms with E-state index >= 15 is 14.4 Å². The number of benzene rings is 6. The molecule has 0 unspecified atom stereocenters. The first-order chi connectivity index (χ1) is 53.1. The van der Waals surface area contributed by atoms with Gasteiger partial charge in [0.2, 0.25) is 11.5 Å². The van der Waals surface area contributed by atoms with Gasteiger partial charge >= 0.3 is 24.0 Å². The maximum atomic E-state index is 15.6. The van der Waals surface area contributed by atoms with E-state index in [2.05, 4.69) is 26.1 Å². The highest BCUT2D eigenvalue weighted by Crippen LogP contribution is 2.45. The maximum absolute atomic E-state index is 15.6. The number of halogens is 2. The second kappa shape index (κ2) is 36.0. The molecule has 26 nitrogen and oxygen atoms in total. The van der Waals surface area contributed by atoms with Gasteiger partial charge in [-0.3, -0.25) is 34.2 Å². The number of nitrogens with zero attached hydrogens (tertiary/aromatic N) is 5. The normalized spacial score (nSPS) is 15.7. The molecule has 3 aliphatic heterocycles. The molecule has 3 atom stereocenters. The van der Waals surface area contributed by atoms with Gasteiger partial charge < -0.3 is 67.2 Å². The van der Waals surface area contributed by atoms with Crippen LogP contribution in [0.25, 0.3) is 10.9 Å². The van der Waals surface area contributed by atoms with E-state index in [0.717, 1.165) is 35.3 Å². The molecule has 0 saturated carbocycles. The van der Waals surface area contributed by atoms with E-state index in [0.29, 0.717) is 75.7 Å². The van der Waals surface area contributed by atoms with Crippen LogP contribution in [0.5, 0.6) is 28.7 Å². The van der Waals surface area contributed by atoms with Crippen LogP contribution in [-0.4, -0.2) is 155 Å². The number of anilines is 1. The lowest BCUT2D eigenvalue weighted by atomic mass is 10.00. The van der Waals surface area contributed by atoms with E-state index in [1.807, 2.05) is 104 Å². The van der Waals surface area contributed by atoms with Gasteiger partial charge in [-0.2, -0.15) is 0 Å². The Morgan fingerprint density at radius 2 is 1.30 bits per heavy atom. The number of hydrogen-bond donors (Lipinski definition) is 3. The van der Waals surface area contributed by atoms with Gasteiger partial charge in [-0.1, -0.05) is 137 Å². The number of fused-ring (bicyclic) bond motifs is 2. The molecule has 4 amide bonds. The summed E-state index contributed by atoms with van der Waals surface area (Å²) >= 11 is 16.2. The van der Waals surface area contributed by atoms with Crippen molar-refractivity contribution in [3.8, 4) is 28.7 Å². The van der Waals surface area contributed by atoms with Gasteiger partial charge in [0.25, 0.3) is 17.7 Å². The van der Waals surface area contributed by atoms with Gasteiger partial charge in [-0.25, -0.2) is 19.4 Å². The summed E-state index contributed by atoms with van der Waals surface area (Å²) in [6, 6.07) is 39.9. The third kappa shape index (κ3) is 20.3. The van der Waals surface area contributed by atoms with Crippen molar-refractivity contribution < 1.29 is 85.5 Å². The van der Waals surface area contributed by atoms with Crippen molar-refractivity contribution in [2.45, 2.75) is 129 Å². The molecular weight excluding hydrogens is 1510 g/mol. The molecule has 0 spiro atoms. The zero-order valence-corrected chi connectivity index (χ0v) is 66.2. The third-order valence-electron chi connectivity index (χ3n) is 18.3. The molecule has 111 heavy (non-hydrogen) atoms. The number of β-lactam (4-membered cyclic amide) rings is 1. The van der Waals surface area contributed by atoms with Gasteiger partial charge in [0, 0.05) is 43.0 Å². The van der Waals surface area contributed by atoms with Gasteiger partial charge in [-0.15, -0.1) is 11.8 Å². The van der Waals surface area contributed by atoms with Crippen LogP contribution in [0.4, 0.5) is 9.93 Å². The number of ether oxygens (including phenoxy) is 9. The summed E-state index contributed by atoms with van der Waals surface area (Å²) in [5, 5.41) is 11.3. The molecule has 2 fully saturated rings. The van der Waals surface area contributed by atoms with Crippen LogP contribution in [0, 0.1) is 0 Å². The number of oxime groups is 1. The Morgan fingerprint density at radius 1 is 0.730 bits per heavy atom. The minimum absolute atomic E-state index is 0.0369. The molecule has 5 heterocycles. The molecule has 6 aromatic carbocycles. The van der Waals surface area contributed by atoms with Crippen molar-refractivity contribution in [1.29, 1.82) is 0 Å². The molecular formula is C81H87Cl2N8O18S2+. The molecule has 11 rings (SSSR count). The monoisotopic (exact) mass is 1590 g/mol. The Hall–Kier alpha value is -10.7. The van der Waals surface area contributed by atoms with Crippen LogP contribution in [-0.2, 0) is 74.1 Å². The van der Waals surface area contributed by atoms with E-state index in [1.165, 1.54) is 30.0 Å². The zero-order valence-electron chi connectivity index (χ0n) is 63.0. The Labute approximate surface area is 660 Å². The first-order valence-corrected chi connectivity index (χ1v) is 38.5. The Bertz CT molecular complexity index is 4810.